The summed E-state index contributed by atoms with van der Waals surface area (Å²) in [6.07, 6.45) is 0. The third kappa shape index (κ3) is 2.39. The van der Waals surface area contributed by atoms with Crippen LogP contribution in [-0.2, 0) is 15.9 Å². The number of aliphatic hydroxyl groups is 1. The summed E-state index contributed by atoms with van der Waals surface area (Å²) in [6, 6.07) is 7.22. The van der Waals surface area contributed by atoms with E-state index in [-0.39, 0.29) is 6.61 Å². The molecule has 0 radical (unpaired) electrons. The van der Waals surface area contributed by atoms with Crippen LogP contribution in [-0.4, -0.2) is 23.4 Å². The van der Waals surface area contributed by atoms with E-state index in [1.807, 2.05) is 27.7 Å². The highest BCUT2D eigenvalue weighted by molar-refractivity contribution is 6.62. The Morgan fingerprint density at radius 2 is 1.79 bits per heavy atom. The second-order valence-electron chi connectivity index (χ2n) is 5.77. The maximum atomic E-state index is 9.41. The molecule has 0 aromatic heterocycles. The first-order valence-corrected chi connectivity index (χ1v) is 6.30. The molecule has 0 bridgehead atoms. The fourth-order valence-corrected chi connectivity index (χ4v) is 2.00. The molecule has 1 saturated heterocycles. The first kappa shape index (κ1) is 14.1. The largest absolute Gasteiger partial charge is 0.495 e. The summed E-state index contributed by atoms with van der Waals surface area (Å²) in [4.78, 5) is 0. The van der Waals surface area contributed by atoms with Gasteiger partial charge in [-0.2, -0.15) is 5.26 Å². The molecule has 0 atom stereocenters. The first-order chi connectivity index (χ1) is 8.80. The van der Waals surface area contributed by atoms with Gasteiger partial charge < -0.3 is 14.4 Å². The van der Waals surface area contributed by atoms with E-state index in [0.29, 0.717) is 5.56 Å². The number of nitriles is 1. The molecule has 1 aliphatic heterocycles. The SMILES string of the molecule is CC1(C)OB(c2cc(C#N)ccc2CO)OC1(C)C. The molecule has 0 amide bonds. The normalized spacial score (nSPS) is 20.3. The molecule has 2 rings (SSSR count). The quantitative estimate of drug-likeness (QED) is 0.814. The van der Waals surface area contributed by atoms with Crippen LogP contribution in [0.5, 0.6) is 0 Å². The minimum Gasteiger partial charge on any atom is -0.399 e. The lowest BCUT2D eigenvalue weighted by molar-refractivity contribution is 0.00578. The van der Waals surface area contributed by atoms with Crippen LogP contribution in [0.15, 0.2) is 18.2 Å². The summed E-state index contributed by atoms with van der Waals surface area (Å²) in [5, 5.41) is 18.4. The molecular formula is C14H18BNO3. The number of hydrogen-bond acceptors (Lipinski definition) is 4. The highest BCUT2D eigenvalue weighted by Gasteiger charge is 2.52. The van der Waals surface area contributed by atoms with E-state index in [2.05, 4.69) is 6.07 Å². The molecule has 1 N–H and O–H groups in total. The fraction of sp³-hybridized carbons (Fsp3) is 0.500. The molecular weight excluding hydrogens is 241 g/mol. The maximum absolute atomic E-state index is 9.41. The molecule has 100 valence electrons. The van der Waals surface area contributed by atoms with E-state index in [4.69, 9.17) is 14.6 Å². The molecule has 1 heterocycles. The molecule has 19 heavy (non-hydrogen) atoms. The van der Waals surface area contributed by atoms with Gasteiger partial charge in [0.1, 0.15) is 0 Å². The molecule has 0 saturated carbocycles. The smallest absolute Gasteiger partial charge is 0.399 e. The predicted octanol–water partition coefficient (Wildman–Crippen LogP) is 1.35. The predicted molar refractivity (Wildman–Crippen MR) is 72.8 cm³/mol. The number of rotatable bonds is 2. The number of hydrogen-bond donors (Lipinski definition) is 1. The Labute approximate surface area is 114 Å². The summed E-state index contributed by atoms with van der Waals surface area (Å²) in [6.45, 7) is 7.78. The van der Waals surface area contributed by atoms with Gasteiger partial charge in [0.15, 0.2) is 0 Å². The summed E-state index contributed by atoms with van der Waals surface area (Å²) in [5.41, 5.74) is 1.10. The van der Waals surface area contributed by atoms with Crippen LogP contribution in [0.2, 0.25) is 0 Å². The van der Waals surface area contributed by atoms with Crippen molar-refractivity contribution in [1.29, 1.82) is 5.26 Å². The van der Waals surface area contributed by atoms with Crippen LogP contribution in [0.3, 0.4) is 0 Å². The van der Waals surface area contributed by atoms with Gasteiger partial charge in [-0.15, -0.1) is 0 Å². The Morgan fingerprint density at radius 1 is 1.21 bits per heavy atom. The van der Waals surface area contributed by atoms with Crippen molar-refractivity contribution in [1.82, 2.24) is 0 Å². The lowest BCUT2D eigenvalue weighted by Gasteiger charge is -2.32. The third-order valence-corrected chi connectivity index (χ3v) is 3.95. The lowest BCUT2D eigenvalue weighted by Crippen LogP contribution is -2.41. The Morgan fingerprint density at radius 3 is 2.26 bits per heavy atom. The Hall–Kier alpha value is -1.35. The molecule has 5 heteroatoms. The van der Waals surface area contributed by atoms with Gasteiger partial charge in [0.2, 0.25) is 0 Å². The van der Waals surface area contributed by atoms with E-state index < -0.39 is 18.3 Å². The van der Waals surface area contributed by atoms with Crippen molar-refractivity contribution in [2.75, 3.05) is 0 Å². The second-order valence-corrected chi connectivity index (χ2v) is 5.77. The highest BCUT2D eigenvalue weighted by Crippen LogP contribution is 2.36. The minimum atomic E-state index is -0.555. The number of nitrogens with zero attached hydrogens (tertiary/aromatic N) is 1. The van der Waals surface area contributed by atoms with Crippen molar-refractivity contribution in [2.45, 2.75) is 45.5 Å². The van der Waals surface area contributed by atoms with Crippen LogP contribution in [0, 0.1) is 11.3 Å². The molecule has 1 aromatic carbocycles. The van der Waals surface area contributed by atoms with Crippen molar-refractivity contribution in [3.05, 3.63) is 29.3 Å². The lowest BCUT2D eigenvalue weighted by atomic mass is 9.75. The summed E-state index contributed by atoms with van der Waals surface area (Å²) in [7, 11) is -0.555. The van der Waals surface area contributed by atoms with Gasteiger partial charge in [-0.25, -0.2) is 0 Å². The third-order valence-electron chi connectivity index (χ3n) is 3.95. The van der Waals surface area contributed by atoms with E-state index in [9.17, 15) is 5.11 Å². The maximum Gasteiger partial charge on any atom is 0.495 e. The summed E-state index contributed by atoms with van der Waals surface area (Å²) in [5.74, 6) is 0. The molecule has 0 aliphatic carbocycles. The van der Waals surface area contributed by atoms with E-state index in [1.165, 1.54) is 0 Å². The molecule has 4 nitrogen and oxygen atoms in total. The number of aliphatic hydroxyl groups excluding tert-OH is 1. The van der Waals surface area contributed by atoms with Gasteiger partial charge in [-0.3, -0.25) is 0 Å². The Bertz CT molecular complexity index is 518. The molecule has 1 aliphatic rings. The van der Waals surface area contributed by atoms with Crippen LogP contribution in [0.4, 0.5) is 0 Å². The van der Waals surface area contributed by atoms with E-state index >= 15 is 0 Å². The average Bonchev–Trinajstić information content (AvgIpc) is 2.57. The average molecular weight is 259 g/mol. The zero-order valence-electron chi connectivity index (χ0n) is 11.7. The highest BCUT2D eigenvalue weighted by atomic mass is 16.7. The van der Waals surface area contributed by atoms with Crippen molar-refractivity contribution in [3.63, 3.8) is 0 Å². The second kappa shape index (κ2) is 4.64. The standard InChI is InChI=1S/C14H18BNO3/c1-13(2)14(3,4)19-15(18-13)12-7-10(8-16)5-6-11(12)9-17/h5-7,17H,9H2,1-4H3. The van der Waals surface area contributed by atoms with Gasteiger partial charge >= 0.3 is 7.12 Å². The van der Waals surface area contributed by atoms with Gasteiger partial charge in [0, 0.05) is 0 Å². The van der Waals surface area contributed by atoms with Crippen LogP contribution in [0.25, 0.3) is 0 Å². The minimum absolute atomic E-state index is 0.106. The Balaban J connectivity index is 2.41. The molecule has 1 fully saturated rings. The van der Waals surface area contributed by atoms with Crippen LogP contribution < -0.4 is 5.46 Å². The zero-order chi connectivity index (χ0) is 14.3. The van der Waals surface area contributed by atoms with Crippen LogP contribution >= 0.6 is 0 Å². The zero-order valence-corrected chi connectivity index (χ0v) is 11.7. The van der Waals surface area contributed by atoms with E-state index in [1.54, 1.807) is 18.2 Å². The van der Waals surface area contributed by atoms with Crippen LogP contribution in [0.1, 0.15) is 38.8 Å². The van der Waals surface area contributed by atoms with E-state index in [0.717, 1.165) is 11.0 Å². The number of benzene rings is 1. The monoisotopic (exact) mass is 259 g/mol. The van der Waals surface area contributed by atoms with Crippen molar-refractivity contribution < 1.29 is 14.4 Å². The van der Waals surface area contributed by atoms with Crippen molar-refractivity contribution in [3.8, 4) is 6.07 Å². The summed E-state index contributed by atoms with van der Waals surface area (Å²) >= 11 is 0. The topological polar surface area (TPSA) is 62.5 Å². The fourth-order valence-electron chi connectivity index (χ4n) is 2.00. The van der Waals surface area contributed by atoms with Crippen molar-refractivity contribution in [2.24, 2.45) is 0 Å². The summed E-state index contributed by atoms with van der Waals surface area (Å²) < 4.78 is 11.9. The van der Waals surface area contributed by atoms with Gasteiger partial charge in [0.25, 0.3) is 0 Å². The Kier molecular flexibility index (Phi) is 3.44. The van der Waals surface area contributed by atoms with Gasteiger partial charge in [-0.05, 0) is 50.9 Å². The molecule has 0 spiro atoms. The molecule has 1 aromatic rings. The molecule has 0 unspecified atom stereocenters. The van der Waals surface area contributed by atoms with Gasteiger partial charge in [-0.1, -0.05) is 6.07 Å². The van der Waals surface area contributed by atoms with Crippen molar-refractivity contribution >= 4 is 12.6 Å². The van der Waals surface area contributed by atoms with Gasteiger partial charge in [0.05, 0.1) is 29.4 Å². The first-order valence-electron chi connectivity index (χ1n) is 6.30.